The van der Waals surface area contributed by atoms with Gasteiger partial charge >= 0.3 is 23.9 Å². The van der Waals surface area contributed by atoms with E-state index in [1.54, 1.807) is 56.7 Å². The first kappa shape index (κ1) is 37.0. The summed E-state index contributed by atoms with van der Waals surface area (Å²) < 4.78 is 31.5. The lowest BCUT2D eigenvalue weighted by Crippen LogP contribution is -2.60. The predicted octanol–water partition coefficient (Wildman–Crippen LogP) is 4.82. The van der Waals surface area contributed by atoms with Crippen molar-refractivity contribution in [3.8, 4) is 23.1 Å². The normalized spacial score (nSPS) is 22.1. The van der Waals surface area contributed by atoms with Crippen molar-refractivity contribution < 1.29 is 42.9 Å². The first-order valence-corrected chi connectivity index (χ1v) is 17.4. The van der Waals surface area contributed by atoms with Crippen LogP contribution in [0.15, 0.2) is 55.2 Å². The second kappa shape index (κ2) is 15.8. The van der Waals surface area contributed by atoms with Crippen LogP contribution < -0.4 is 9.64 Å². The summed E-state index contributed by atoms with van der Waals surface area (Å²) in [6.07, 6.45) is 6.29. The molecule has 0 N–H and O–H groups in total. The fourth-order valence-corrected chi connectivity index (χ4v) is 7.25. The fraction of sp³-hybridized carbons (Fsp3) is 0.459. The molecule has 1 aliphatic carbocycles. The summed E-state index contributed by atoms with van der Waals surface area (Å²) in [5.41, 5.74) is 1.97. The molecule has 1 amide bonds. The van der Waals surface area contributed by atoms with Gasteiger partial charge in [0.2, 0.25) is 12.4 Å². The third-order valence-electron chi connectivity index (χ3n) is 9.81. The number of benzene rings is 1. The highest BCUT2D eigenvalue weighted by molar-refractivity contribution is 6.02. The molecule has 53 heavy (non-hydrogen) atoms. The van der Waals surface area contributed by atoms with Crippen molar-refractivity contribution >= 4 is 40.7 Å². The number of rotatable bonds is 10. The number of aromatic nitrogens is 5. The molecule has 0 bridgehead atoms. The van der Waals surface area contributed by atoms with E-state index in [0.29, 0.717) is 34.8 Å². The molecule has 6 atom stereocenters. The zero-order valence-corrected chi connectivity index (χ0v) is 30.1. The van der Waals surface area contributed by atoms with E-state index in [1.807, 2.05) is 10.9 Å². The van der Waals surface area contributed by atoms with E-state index >= 15 is 0 Å². The highest BCUT2D eigenvalue weighted by Crippen LogP contribution is 2.38. The number of esters is 3. The Labute approximate surface area is 305 Å². The lowest BCUT2D eigenvalue weighted by molar-refractivity contribution is -0.266. The molecule has 6 rings (SSSR count). The van der Waals surface area contributed by atoms with E-state index in [1.165, 1.54) is 36.8 Å². The number of hydrogen-bond acceptors (Lipinski definition) is 13. The first-order chi connectivity index (χ1) is 25.5. The van der Waals surface area contributed by atoms with Gasteiger partial charge in [-0.2, -0.15) is 10.4 Å². The molecule has 16 heteroatoms. The van der Waals surface area contributed by atoms with Crippen LogP contribution in [0.1, 0.15) is 58.9 Å². The molecule has 4 aromatic rings. The standard InChI is InChI=1S/C37H41N7O9/c1-21-31(50-22(2)45)33(51-23(3)46)36(53-32(21)35(47)49-5)52-29-13-9-8-12-28(29)42(4)37(48)43-17-15-26-30(39-20-40-34(26)43)25-18-41-44(19-25)27(14-16-38)24-10-6-7-11-24/h8-9,12-13,15,17-21,24,27,31-33,36H,6-7,10-11,14H2,1-5H3/t21-,27+,31-,32-,33+,36+/m0/s1. The van der Waals surface area contributed by atoms with Crippen molar-refractivity contribution in [2.24, 2.45) is 11.8 Å². The summed E-state index contributed by atoms with van der Waals surface area (Å²) in [4.78, 5) is 61.5. The summed E-state index contributed by atoms with van der Waals surface area (Å²) in [7, 11) is 2.74. The average Bonchev–Trinajstić information content (AvgIpc) is 3.94. The number of para-hydroxylation sites is 2. The molecule has 1 aliphatic heterocycles. The Balaban J connectivity index is 1.29. The number of nitriles is 1. The van der Waals surface area contributed by atoms with Crippen LogP contribution >= 0.6 is 0 Å². The Hall–Kier alpha value is -5.82. The predicted molar refractivity (Wildman–Crippen MR) is 187 cm³/mol. The highest BCUT2D eigenvalue weighted by Gasteiger charge is 2.52. The SMILES string of the molecule is COC(=O)[C@H]1O[C@@H](Oc2ccccc2N(C)C(=O)n2ccc3c(-c4cnn([C@H](CC#N)C5CCCC5)c4)ncnc32)[C@H](OC(C)=O)[C@@H](OC(C)=O)[C@@H]1C. The first-order valence-electron chi connectivity index (χ1n) is 17.4. The average molecular weight is 728 g/mol. The molecule has 2 fully saturated rings. The van der Waals surface area contributed by atoms with E-state index in [4.69, 9.17) is 23.7 Å². The number of amides is 1. The summed E-state index contributed by atoms with van der Waals surface area (Å²) in [6.45, 7) is 3.98. The van der Waals surface area contributed by atoms with Gasteiger partial charge < -0.3 is 23.7 Å². The van der Waals surface area contributed by atoms with Gasteiger partial charge in [0.15, 0.2) is 17.9 Å². The summed E-state index contributed by atoms with van der Waals surface area (Å²) in [6, 6.07) is 10.1. The number of anilines is 1. The maximum absolute atomic E-state index is 14.1. The van der Waals surface area contributed by atoms with Crippen LogP contribution in [0.2, 0.25) is 0 Å². The maximum atomic E-state index is 14.1. The molecule has 0 unspecified atom stereocenters. The number of methoxy groups -OCH3 is 1. The molecule has 0 spiro atoms. The van der Waals surface area contributed by atoms with Gasteiger partial charge in [0.05, 0.1) is 43.2 Å². The van der Waals surface area contributed by atoms with E-state index in [-0.39, 0.29) is 11.8 Å². The number of hydrogen-bond donors (Lipinski definition) is 0. The van der Waals surface area contributed by atoms with Crippen molar-refractivity contribution in [2.45, 2.75) is 83.5 Å². The molecule has 0 radical (unpaired) electrons. The van der Waals surface area contributed by atoms with Gasteiger partial charge in [-0.15, -0.1) is 0 Å². The van der Waals surface area contributed by atoms with Crippen LogP contribution in [-0.4, -0.2) is 87.0 Å². The molecular formula is C37H41N7O9. The monoisotopic (exact) mass is 727 g/mol. The van der Waals surface area contributed by atoms with E-state index in [0.717, 1.165) is 31.2 Å². The van der Waals surface area contributed by atoms with Gasteiger partial charge in [-0.25, -0.2) is 19.6 Å². The topological polar surface area (TPSA) is 190 Å². The van der Waals surface area contributed by atoms with Crippen LogP contribution in [-0.2, 0) is 33.3 Å². The molecule has 16 nitrogen and oxygen atoms in total. The minimum Gasteiger partial charge on any atom is -0.467 e. The van der Waals surface area contributed by atoms with Gasteiger partial charge in [0.25, 0.3) is 0 Å². The van der Waals surface area contributed by atoms with Gasteiger partial charge in [0, 0.05) is 50.2 Å². The van der Waals surface area contributed by atoms with E-state index in [2.05, 4.69) is 21.1 Å². The Morgan fingerprint density at radius 3 is 2.47 bits per heavy atom. The molecule has 1 saturated heterocycles. The van der Waals surface area contributed by atoms with Gasteiger partial charge in [-0.05, 0) is 37.0 Å². The molecule has 4 heterocycles. The summed E-state index contributed by atoms with van der Waals surface area (Å²) in [5, 5.41) is 14.8. The maximum Gasteiger partial charge on any atom is 0.335 e. The van der Waals surface area contributed by atoms with Crippen molar-refractivity contribution in [3.63, 3.8) is 0 Å². The number of nitrogens with zero attached hydrogens (tertiary/aromatic N) is 7. The van der Waals surface area contributed by atoms with Gasteiger partial charge in [0.1, 0.15) is 12.1 Å². The molecule has 1 saturated carbocycles. The van der Waals surface area contributed by atoms with Crippen molar-refractivity contribution in [2.75, 3.05) is 19.1 Å². The third kappa shape index (κ3) is 7.56. The number of carbonyl (C=O) groups is 4. The largest absolute Gasteiger partial charge is 0.467 e. The van der Waals surface area contributed by atoms with Crippen molar-refractivity contribution in [1.82, 2.24) is 24.3 Å². The Bertz CT molecular complexity index is 2030. The van der Waals surface area contributed by atoms with Crippen LogP contribution in [0.5, 0.6) is 5.75 Å². The zero-order valence-electron chi connectivity index (χ0n) is 30.1. The quantitative estimate of drug-likeness (QED) is 0.160. The minimum absolute atomic E-state index is 0.0266. The van der Waals surface area contributed by atoms with Crippen molar-refractivity contribution in [1.29, 1.82) is 5.26 Å². The molecule has 2 aliphatic rings. The molecule has 1 aromatic carbocycles. The van der Waals surface area contributed by atoms with Gasteiger partial charge in [-0.1, -0.05) is 31.9 Å². The van der Waals surface area contributed by atoms with E-state index < -0.39 is 54.5 Å². The second-order valence-electron chi connectivity index (χ2n) is 13.2. The van der Waals surface area contributed by atoms with Crippen molar-refractivity contribution in [3.05, 3.63) is 55.2 Å². The van der Waals surface area contributed by atoms with Crippen LogP contribution in [0, 0.1) is 23.2 Å². The summed E-state index contributed by atoms with van der Waals surface area (Å²) in [5.74, 6) is -2.35. The number of ether oxygens (including phenoxy) is 5. The van der Waals surface area contributed by atoms with Crippen LogP contribution in [0.3, 0.4) is 0 Å². The van der Waals surface area contributed by atoms with Crippen LogP contribution in [0.25, 0.3) is 22.3 Å². The lowest BCUT2D eigenvalue weighted by atomic mass is 9.90. The highest BCUT2D eigenvalue weighted by atomic mass is 16.7. The molecular weight excluding hydrogens is 686 g/mol. The van der Waals surface area contributed by atoms with Gasteiger partial charge in [-0.3, -0.25) is 23.7 Å². The fourth-order valence-electron chi connectivity index (χ4n) is 7.25. The minimum atomic E-state index is -1.45. The Morgan fingerprint density at radius 2 is 1.77 bits per heavy atom. The van der Waals surface area contributed by atoms with Crippen LogP contribution in [0.4, 0.5) is 10.5 Å². The smallest absolute Gasteiger partial charge is 0.335 e. The lowest BCUT2D eigenvalue weighted by Gasteiger charge is -2.43. The van der Waals surface area contributed by atoms with E-state index in [9.17, 15) is 24.4 Å². The second-order valence-corrected chi connectivity index (χ2v) is 13.2. The number of carbonyl (C=O) groups excluding carboxylic acids is 4. The third-order valence-corrected chi connectivity index (χ3v) is 9.81. The zero-order chi connectivity index (χ0) is 37.8. The molecule has 3 aromatic heterocycles. The Kier molecular flexibility index (Phi) is 11.0. The number of fused-ring (bicyclic) bond motifs is 1. The summed E-state index contributed by atoms with van der Waals surface area (Å²) >= 11 is 0. The Morgan fingerprint density at radius 1 is 1.06 bits per heavy atom. The molecule has 278 valence electrons.